The van der Waals surface area contributed by atoms with Gasteiger partial charge in [-0.2, -0.15) is 0 Å². The summed E-state index contributed by atoms with van der Waals surface area (Å²) in [5.74, 6) is 0.848. The Morgan fingerprint density at radius 2 is 1.42 bits per heavy atom. The number of hydrogen-bond acceptors (Lipinski definition) is 6. The van der Waals surface area contributed by atoms with Gasteiger partial charge in [-0.05, 0) is 112 Å². The molecule has 1 fully saturated rings. The Morgan fingerprint density at radius 1 is 0.884 bits per heavy atom. The van der Waals surface area contributed by atoms with Gasteiger partial charge in [0.25, 0.3) is 0 Å². The maximum Gasteiger partial charge on any atom is 0.359 e. The topological polar surface area (TPSA) is 74.2 Å². The maximum absolute atomic E-state index is 14.3. The lowest BCUT2D eigenvalue weighted by atomic mass is 9.86. The van der Waals surface area contributed by atoms with Gasteiger partial charge >= 0.3 is 5.97 Å². The first-order chi connectivity index (χ1) is 20.7. The van der Waals surface area contributed by atoms with E-state index in [-0.39, 0.29) is 12.0 Å². The van der Waals surface area contributed by atoms with E-state index >= 15 is 0 Å². The molecule has 2 unspecified atom stereocenters. The molecule has 226 valence electrons. The molecule has 4 rings (SSSR count). The van der Waals surface area contributed by atoms with Crippen molar-refractivity contribution in [1.29, 1.82) is 0 Å². The van der Waals surface area contributed by atoms with Crippen molar-refractivity contribution in [2.75, 3.05) is 6.61 Å². The molecular weight excluding hydrogens is 540 g/mol. The quantitative estimate of drug-likeness (QED) is 0.161. The van der Waals surface area contributed by atoms with Crippen molar-refractivity contribution in [2.45, 2.75) is 70.4 Å². The number of aromatic hydroxyl groups is 1. The highest BCUT2D eigenvalue weighted by molar-refractivity contribution is 5.88. The second-order valence-corrected chi connectivity index (χ2v) is 11.0. The highest BCUT2D eigenvalue weighted by atomic mass is 16.7. The smallest absolute Gasteiger partial charge is 0.359 e. The molecule has 6 nitrogen and oxygen atoms in total. The van der Waals surface area contributed by atoms with E-state index in [1.807, 2.05) is 75.4 Å². The summed E-state index contributed by atoms with van der Waals surface area (Å²) in [6.45, 7) is 10.2. The Kier molecular flexibility index (Phi) is 10.8. The second kappa shape index (κ2) is 14.7. The molecule has 0 bridgehead atoms. The number of carbonyl (C=O) groups excluding carboxylic acids is 1. The molecular formula is C37H42O6. The zero-order valence-corrected chi connectivity index (χ0v) is 25.3. The fourth-order valence-electron chi connectivity index (χ4n) is 5.02. The van der Waals surface area contributed by atoms with Crippen molar-refractivity contribution in [3.8, 4) is 17.2 Å². The summed E-state index contributed by atoms with van der Waals surface area (Å²) >= 11 is 0. The summed E-state index contributed by atoms with van der Waals surface area (Å²) in [6, 6.07) is 21.7. The van der Waals surface area contributed by atoms with E-state index in [0.717, 1.165) is 48.8 Å². The Bertz CT molecular complexity index is 1380. The standard InChI is InChI=1S/C37H42O6/c1-5-29-12-20-34(21-13-29)42-37(26-22-30-10-16-32(38)17-11-30,35(39)43-36(4)24-8-7-9-25-36)27-23-31-14-18-33(19-15-31)41-28(3)40-6-2/h5,10-23,26-28,38H,1,6-9,24-25H2,2-4H3. The highest BCUT2D eigenvalue weighted by Gasteiger charge is 2.42. The van der Waals surface area contributed by atoms with Crippen molar-refractivity contribution < 1.29 is 28.8 Å². The van der Waals surface area contributed by atoms with Gasteiger partial charge in [-0.15, -0.1) is 0 Å². The Labute approximate surface area is 255 Å². The minimum absolute atomic E-state index is 0.162. The molecule has 0 aliphatic heterocycles. The molecule has 0 heterocycles. The largest absolute Gasteiger partial charge is 0.508 e. The number of rotatable bonds is 13. The van der Waals surface area contributed by atoms with Crippen molar-refractivity contribution in [1.82, 2.24) is 0 Å². The summed E-state index contributed by atoms with van der Waals surface area (Å²) in [5.41, 5.74) is 0.412. The van der Waals surface area contributed by atoms with E-state index in [0.29, 0.717) is 18.1 Å². The van der Waals surface area contributed by atoms with Crippen LogP contribution in [0.5, 0.6) is 17.2 Å². The number of carbonyl (C=O) groups is 1. The lowest BCUT2D eigenvalue weighted by Gasteiger charge is -2.37. The van der Waals surface area contributed by atoms with Crippen LogP contribution in [0.1, 0.15) is 69.6 Å². The van der Waals surface area contributed by atoms with Crippen LogP contribution < -0.4 is 9.47 Å². The first-order valence-electron chi connectivity index (χ1n) is 14.9. The van der Waals surface area contributed by atoms with Crippen LogP contribution in [-0.2, 0) is 14.3 Å². The molecule has 6 heteroatoms. The van der Waals surface area contributed by atoms with Crippen LogP contribution in [-0.4, -0.2) is 35.2 Å². The molecule has 1 N–H and O–H groups in total. The average Bonchev–Trinajstić information content (AvgIpc) is 3.00. The molecule has 0 saturated heterocycles. The van der Waals surface area contributed by atoms with E-state index in [1.54, 1.807) is 48.6 Å². The van der Waals surface area contributed by atoms with Crippen LogP contribution in [0.15, 0.2) is 91.5 Å². The molecule has 0 spiro atoms. The van der Waals surface area contributed by atoms with Gasteiger partial charge in [0.15, 0.2) is 6.29 Å². The minimum atomic E-state index is -1.59. The van der Waals surface area contributed by atoms with E-state index in [9.17, 15) is 9.90 Å². The predicted molar refractivity (Wildman–Crippen MR) is 172 cm³/mol. The van der Waals surface area contributed by atoms with Crippen LogP contribution in [0.4, 0.5) is 0 Å². The summed E-state index contributed by atoms with van der Waals surface area (Å²) in [7, 11) is 0. The molecule has 1 saturated carbocycles. The third-order valence-corrected chi connectivity index (χ3v) is 7.50. The van der Waals surface area contributed by atoms with Crippen LogP contribution >= 0.6 is 0 Å². The van der Waals surface area contributed by atoms with Crippen molar-refractivity contribution >= 4 is 24.2 Å². The Morgan fingerprint density at radius 3 is 1.98 bits per heavy atom. The minimum Gasteiger partial charge on any atom is -0.508 e. The molecule has 2 atom stereocenters. The molecule has 3 aromatic rings. The Hall–Kier alpha value is -4.29. The zero-order valence-electron chi connectivity index (χ0n) is 25.3. The molecule has 0 radical (unpaired) electrons. The number of benzene rings is 3. The van der Waals surface area contributed by atoms with Gasteiger partial charge in [0, 0.05) is 6.61 Å². The van der Waals surface area contributed by atoms with E-state index in [4.69, 9.17) is 18.9 Å². The Balaban J connectivity index is 1.73. The van der Waals surface area contributed by atoms with Gasteiger partial charge < -0.3 is 24.1 Å². The monoisotopic (exact) mass is 582 g/mol. The molecule has 0 aromatic heterocycles. The maximum atomic E-state index is 14.3. The van der Waals surface area contributed by atoms with Gasteiger partial charge in [-0.1, -0.05) is 67.6 Å². The van der Waals surface area contributed by atoms with E-state index in [1.165, 1.54) is 0 Å². The average molecular weight is 583 g/mol. The van der Waals surface area contributed by atoms with Gasteiger partial charge in [0.1, 0.15) is 22.8 Å². The fourth-order valence-corrected chi connectivity index (χ4v) is 5.02. The van der Waals surface area contributed by atoms with Gasteiger partial charge in [0.2, 0.25) is 5.60 Å². The van der Waals surface area contributed by atoms with E-state index in [2.05, 4.69) is 6.58 Å². The molecule has 1 aliphatic rings. The van der Waals surface area contributed by atoms with Crippen LogP contribution in [0.25, 0.3) is 18.2 Å². The number of esters is 1. The fraction of sp³-hybridized carbons (Fsp3) is 0.324. The first-order valence-corrected chi connectivity index (χ1v) is 14.9. The van der Waals surface area contributed by atoms with Crippen LogP contribution in [0.2, 0.25) is 0 Å². The summed E-state index contributed by atoms with van der Waals surface area (Å²) in [5, 5.41) is 9.77. The zero-order chi connectivity index (χ0) is 30.7. The SMILES string of the molecule is C=Cc1ccc(OC(C=Cc2ccc(O)cc2)(C=Cc2ccc(OC(C)OCC)cc2)C(=O)OC2(C)CCCCC2)cc1. The van der Waals surface area contributed by atoms with Crippen molar-refractivity contribution in [3.63, 3.8) is 0 Å². The lowest BCUT2D eigenvalue weighted by molar-refractivity contribution is -0.172. The normalized spacial score (nSPS) is 16.8. The number of hydrogen-bond donors (Lipinski definition) is 1. The highest BCUT2D eigenvalue weighted by Crippen LogP contribution is 2.35. The third-order valence-electron chi connectivity index (χ3n) is 7.50. The summed E-state index contributed by atoms with van der Waals surface area (Å²) in [6.07, 6.45) is 13.2. The van der Waals surface area contributed by atoms with Gasteiger partial charge in [-0.25, -0.2) is 4.79 Å². The third kappa shape index (κ3) is 9.10. The van der Waals surface area contributed by atoms with Crippen LogP contribution in [0, 0.1) is 0 Å². The predicted octanol–water partition coefficient (Wildman–Crippen LogP) is 8.61. The number of phenols is 1. The first kappa shape index (κ1) is 31.6. The molecule has 3 aromatic carbocycles. The van der Waals surface area contributed by atoms with Gasteiger partial charge in [-0.3, -0.25) is 0 Å². The summed E-state index contributed by atoms with van der Waals surface area (Å²) < 4.78 is 24.1. The number of ether oxygens (including phenoxy) is 4. The second-order valence-electron chi connectivity index (χ2n) is 11.0. The molecule has 0 amide bonds. The lowest BCUT2D eigenvalue weighted by Crippen LogP contribution is -2.47. The van der Waals surface area contributed by atoms with Crippen molar-refractivity contribution in [3.05, 3.63) is 108 Å². The van der Waals surface area contributed by atoms with Gasteiger partial charge in [0.05, 0.1) is 0 Å². The van der Waals surface area contributed by atoms with Crippen molar-refractivity contribution in [2.24, 2.45) is 0 Å². The summed E-state index contributed by atoms with van der Waals surface area (Å²) in [4.78, 5) is 14.3. The number of phenolic OH excluding ortho intramolecular Hbond substituents is 1. The molecule has 43 heavy (non-hydrogen) atoms. The van der Waals surface area contributed by atoms with Crippen LogP contribution in [0.3, 0.4) is 0 Å². The molecule has 1 aliphatic carbocycles. The van der Waals surface area contributed by atoms with E-state index < -0.39 is 17.2 Å².